The Morgan fingerprint density at radius 3 is 2.57 bits per heavy atom. The molecule has 2 heterocycles. The number of hydrogen-bond donors (Lipinski definition) is 1. The Morgan fingerprint density at radius 2 is 1.87 bits per heavy atom. The number of carbonyl (C=O) groups excluding carboxylic acids is 1. The van der Waals surface area contributed by atoms with Gasteiger partial charge in [-0.15, -0.1) is 0 Å². The molecule has 0 atom stereocenters. The lowest BCUT2D eigenvalue weighted by molar-refractivity contribution is -0.117. The smallest absolute Gasteiger partial charge is 0.275 e. The summed E-state index contributed by atoms with van der Waals surface area (Å²) in [6, 6.07) is 13.1. The normalized spacial score (nSPS) is 14.8. The number of carbonyl (C=O) groups is 1. The minimum Gasteiger partial charge on any atom is -0.355 e. The zero-order valence-electron chi connectivity index (χ0n) is 17.2. The van der Waals surface area contributed by atoms with Crippen LogP contribution in [0.4, 0.5) is 11.5 Å². The van der Waals surface area contributed by atoms with Crippen LogP contribution in [0.25, 0.3) is 10.8 Å². The molecule has 1 fully saturated rings. The Hall–Kier alpha value is -2.67. The molecule has 1 N–H and O–H groups in total. The molecule has 156 valence electrons. The van der Waals surface area contributed by atoms with Gasteiger partial charge in [-0.1, -0.05) is 41.1 Å². The van der Waals surface area contributed by atoms with Gasteiger partial charge in [-0.25, -0.2) is 4.68 Å². The van der Waals surface area contributed by atoms with E-state index in [-0.39, 0.29) is 18.0 Å². The molecule has 1 amide bonds. The number of amides is 1. The number of halogens is 1. The molecule has 6 nitrogen and oxygen atoms in total. The second-order valence-corrected chi connectivity index (χ2v) is 8.87. The molecule has 0 bridgehead atoms. The van der Waals surface area contributed by atoms with Crippen LogP contribution in [0, 0.1) is 12.8 Å². The van der Waals surface area contributed by atoms with Crippen molar-refractivity contribution in [2.45, 2.75) is 33.2 Å². The van der Waals surface area contributed by atoms with Crippen LogP contribution in [0.3, 0.4) is 0 Å². The van der Waals surface area contributed by atoms with Crippen molar-refractivity contribution >= 4 is 44.1 Å². The number of piperidine rings is 1. The van der Waals surface area contributed by atoms with Crippen molar-refractivity contribution in [3.63, 3.8) is 0 Å². The number of nitrogens with zero attached hydrogens (tertiary/aromatic N) is 3. The van der Waals surface area contributed by atoms with Gasteiger partial charge in [0.05, 0.1) is 5.39 Å². The van der Waals surface area contributed by atoms with E-state index in [0.29, 0.717) is 17.0 Å². The van der Waals surface area contributed by atoms with Crippen LogP contribution in [-0.2, 0) is 11.3 Å². The fraction of sp³-hybridized carbons (Fsp3) is 0.348. The summed E-state index contributed by atoms with van der Waals surface area (Å²) < 4.78 is 2.27. The second kappa shape index (κ2) is 8.60. The minimum absolute atomic E-state index is 0.129. The van der Waals surface area contributed by atoms with Crippen molar-refractivity contribution in [2.24, 2.45) is 5.92 Å². The van der Waals surface area contributed by atoms with E-state index in [2.05, 4.69) is 38.2 Å². The average Bonchev–Trinajstić information content (AvgIpc) is 2.73. The highest BCUT2D eigenvalue weighted by molar-refractivity contribution is 9.10. The maximum atomic E-state index is 13.0. The van der Waals surface area contributed by atoms with Gasteiger partial charge < -0.3 is 10.2 Å². The van der Waals surface area contributed by atoms with Gasteiger partial charge in [0.1, 0.15) is 6.54 Å². The molecule has 0 radical (unpaired) electrons. The van der Waals surface area contributed by atoms with E-state index in [9.17, 15) is 9.59 Å². The molecule has 0 aliphatic carbocycles. The largest absolute Gasteiger partial charge is 0.355 e. The number of anilines is 2. The summed E-state index contributed by atoms with van der Waals surface area (Å²) in [4.78, 5) is 27.9. The molecule has 0 spiro atoms. The fourth-order valence-corrected chi connectivity index (χ4v) is 4.08. The molecule has 30 heavy (non-hydrogen) atoms. The van der Waals surface area contributed by atoms with E-state index in [1.807, 2.05) is 49.4 Å². The third-order valence-electron chi connectivity index (χ3n) is 5.67. The highest BCUT2D eigenvalue weighted by atomic mass is 79.9. The Labute approximate surface area is 184 Å². The van der Waals surface area contributed by atoms with Gasteiger partial charge >= 0.3 is 0 Å². The van der Waals surface area contributed by atoms with Crippen LogP contribution in [0.2, 0.25) is 0 Å². The zero-order valence-corrected chi connectivity index (χ0v) is 18.8. The first-order chi connectivity index (χ1) is 14.4. The Bertz CT molecular complexity index is 1150. The van der Waals surface area contributed by atoms with E-state index in [1.54, 1.807) is 0 Å². The molecule has 2 aromatic carbocycles. The van der Waals surface area contributed by atoms with Gasteiger partial charge in [0, 0.05) is 28.6 Å². The third-order valence-corrected chi connectivity index (χ3v) is 6.56. The van der Waals surface area contributed by atoms with E-state index in [1.165, 1.54) is 4.68 Å². The van der Waals surface area contributed by atoms with Gasteiger partial charge in [0.2, 0.25) is 5.91 Å². The number of rotatable bonds is 4. The number of aryl methyl sites for hydroxylation is 1. The van der Waals surface area contributed by atoms with Gasteiger partial charge in [0.25, 0.3) is 5.56 Å². The molecular formula is C23H25BrN4O2. The second-order valence-electron chi connectivity index (χ2n) is 8.01. The summed E-state index contributed by atoms with van der Waals surface area (Å²) in [5, 5.41) is 8.93. The maximum absolute atomic E-state index is 13.0. The first-order valence-corrected chi connectivity index (χ1v) is 11.0. The van der Waals surface area contributed by atoms with Crippen LogP contribution in [0.15, 0.2) is 51.7 Å². The van der Waals surface area contributed by atoms with Crippen molar-refractivity contribution in [1.29, 1.82) is 0 Å². The molecule has 0 saturated carbocycles. The molecule has 1 aliphatic heterocycles. The Balaban J connectivity index is 1.65. The highest BCUT2D eigenvalue weighted by Crippen LogP contribution is 2.26. The highest BCUT2D eigenvalue weighted by Gasteiger charge is 2.21. The number of benzene rings is 2. The molecule has 1 saturated heterocycles. The van der Waals surface area contributed by atoms with Crippen molar-refractivity contribution < 1.29 is 4.79 Å². The van der Waals surface area contributed by atoms with Crippen LogP contribution in [-0.4, -0.2) is 28.8 Å². The summed E-state index contributed by atoms with van der Waals surface area (Å²) in [5.74, 6) is 1.20. The van der Waals surface area contributed by atoms with Gasteiger partial charge in [-0.05, 0) is 55.5 Å². The first kappa shape index (κ1) is 20.6. The SMILES string of the molecule is Cc1cc(NC(=O)Cn2nc(N3CCC(C)CC3)c3ccccc3c2=O)ccc1Br. The van der Waals surface area contributed by atoms with Crippen molar-refractivity contribution in [3.8, 4) is 0 Å². The predicted molar refractivity (Wildman–Crippen MR) is 124 cm³/mol. The monoisotopic (exact) mass is 468 g/mol. The van der Waals surface area contributed by atoms with Crippen LogP contribution >= 0.6 is 15.9 Å². The van der Waals surface area contributed by atoms with Crippen molar-refractivity contribution in [2.75, 3.05) is 23.3 Å². The summed E-state index contributed by atoms with van der Waals surface area (Å²) >= 11 is 3.46. The van der Waals surface area contributed by atoms with Gasteiger partial charge in [0.15, 0.2) is 5.82 Å². The Morgan fingerprint density at radius 1 is 1.17 bits per heavy atom. The van der Waals surface area contributed by atoms with E-state index in [0.717, 1.165) is 47.2 Å². The van der Waals surface area contributed by atoms with E-state index >= 15 is 0 Å². The molecule has 1 aliphatic rings. The summed E-state index contributed by atoms with van der Waals surface area (Å²) in [7, 11) is 0. The average molecular weight is 469 g/mol. The van der Waals surface area contributed by atoms with Crippen LogP contribution < -0.4 is 15.8 Å². The number of aromatic nitrogens is 2. The standard InChI is InChI=1S/C23H25BrN4O2/c1-15-9-11-27(12-10-15)22-18-5-3-4-6-19(18)23(30)28(26-22)14-21(29)25-17-7-8-20(24)16(2)13-17/h3-8,13,15H,9-12,14H2,1-2H3,(H,25,29). The lowest BCUT2D eigenvalue weighted by Crippen LogP contribution is -2.37. The van der Waals surface area contributed by atoms with Crippen LogP contribution in [0.5, 0.6) is 0 Å². The summed E-state index contributed by atoms with van der Waals surface area (Å²) in [6.07, 6.45) is 2.19. The van der Waals surface area contributed by atoms with Crippen LogP contribution in [0.1, 0.15) is 25.3 Å². The third kappa shape index (κ3) is 4.26. The lowest BCUT2D eigenvalue weighted by atomic mass is 9.99. The topological polar surface area (TPSA) is 67.2 Å². The molecule has 1 aromatic heterocycles. The number of fused-ring (bicyclic) bond motifs is 1. The van der Waals surface area contributed by atoms with E-state index in [4.69, 9.17) is 0 Å². The summed E-state index contributed by atoms with van der Waals surface area (Å²) in [5.41, 5.74) is 1.47. The lowest BCUT2D eigenvalue weighted by Gasteiger charge is -2.32. The first-order valence-electron chi connectivity index (χ1n) is 10.2. The zero-order chi connectivity index (χ0) is 21.3. The minimum atomic E-state index is -0.278. The van der Waals surface area contributed by atoms with Gasteiger partial charge in [-0.2, -0.15) is 5.10 Å². The summed E-state index contributed by atoms with van der Waals surface area (Å²) in [6.45, 7) is 5.90. The molecule has 3 aromatic rings. The fourth-order valence-electron chi connectivity index (χ4n) is 3.84. The quantitative estimate of drug-likeness (QED) is 0.618. The maximum Gasteiger partial charge on any atom is 0.275 e. The Kier molecular flexibility index (Phi) is 5.90. The molecule has 0 unspecified atom stereocenters. The predicted octanol–water partition coefficient (Wildman–Crippen LogP) is 4.34. The van der Waals surface area contributed by atoms with Gasteiger partial charge in [-0.3, -0.25) is 9.59 Å². The molecule has 4 rings (SSSR count). The van der Waals surface area contributed by atoms with Crippen molar-refractivity contribution in [3.05, 3.63) is 62.9 Å². The molecule has 7 heteroatoms. The molecular weight excluding hydrogens is 444 g/mol. The number of hydrogen-bond acceptors (Lipinski definition) is 4. The number of nitrogens with one attached hydrogen (secondary N) is 1. The van der Waals surface area contributed by atoms with Crippen molar-refractivity contribution in [1.82, 2.24) is 9.78 Å². The van der Waals surface area contributed by atoms with E-state index < -0.39 is 0 Å².